The first kappa shape index (κ1) is 42.9. The fourth-order valence-electron chi connectivity index (χ4n) is 7.94. The van der Waals surface area contributed by atoms with Gasteiger partial charge in [0.05, 0.1) is 28.6 Å². The van der Waals surface area contributed by atoms with Gasteiger partial charge in [-0.2, -0.15) is 0 Å². The van der Waals surface area contributed by atoms with Crippen molar-refractivity contribution in [2.24, 2.45) is 17.1 Å². The first-order valence-electron chi connectivity index (χ1n) is 19.9. The molecular formula is C40H60N6O9S. The summed E-state index contributed by atoms with van der Waals surface area (Å²) in [6.45, 7) is 10.7. The molecule has 4 atom stereocenters. The van der Waals surface area contributed by atoms with Gasteiger partial charge in [-0.05, 0) is 68.9 Å². The van der Waals surface area contributed by atoms with Gasteiger partial charge in [-0.3, -0.25) is 19.2 Å². The van der Waals surface area contributed by atoms with Crippen LogP contribution in [-0.4, -0.2) is 107 Å². The number of ketones is 1. The number of primary amides is 1. The first-order chi connectivity index (χ1) is 26.1. The lowest BCUT2D eigenvalue weighted by atomic mass is 9.83. The largest absolute Gasteiger partial charge is 0.444 e. The average Bonchev–Trinajstić information content (AvgIpc) is 3.84. The summed E-state index contributed by atoms with van der Waals surface area (Å²) in [4.78, 5) is 83.7. The van der Waals surface area contributed by atoms with Crippen molar-refractivity contribution in [2.45, 2.75) is 147 Å². The zero-order valence-corrected chi connectivity index (χ0v) is 34.5. The highest BCUT2D eigenvalue weighted by Crippen LogP contribution is 2.35. The van der Waals surface area contributed by atoms with E-state index in [0.29, 0.717) is 32.4 Å². The number of hydrogen-bond donors (Lipinski definition) is 4. The van der Waals surface area contributed by atoms with Crippen LogP contribution in [0.4, 0.5) is 9.59 Å². The number of ether oxygens (including phenoxy) is 1. The van der Waals surface area contributed by atoms with E-state index < -0.39 is 85.4 Å². The summed E-state index contributed by atoms with van der Waals surface area (Å²) in [5.41, 5.74) is 5.54. The molecule has 16 heteroatoms. The number of hydrogen-bond acceptors (Lipinski definition) is 9. The third-order valence-corrected chi connectivity index (χ3v) is 14.4. The zero-order chi connectivity index (χ0) is 41.2. The molecule has 5 N–H and O–H groups in total. The molecule has 0 spiro atoms. The Labute approximate surface area is 330 Å². The summed E-state index contributed by atoms with van der Waals surface area (Å²) in [5, 5.41) is 8.44. The van der Waals surface area contributed by atoms with Gasteiger partial charge >= 0.3 is 12.1 Å². The van der Waals surface area contributed by atoms with E-state index in [4.69, 9.17) is 10.5 Å². The Morgan fingerprint density at radius 3 is 2.18 bits per heavy atom. The number of nitrogens with one attached hydrogen (secondary N) is 3. The van der Waals surface area contributed by atoms with Gasteiger partial charge in [0, 0.05) is 19.5 Å². The number of amides is 6. The maximum absolute atomic E-state index is 14.7. The molecule has 310 valence electrons. The van der Waals surface area contributed by atoms with Crippen LogP contribution in [0.2, 0.25) is 0 Å². The number of benzene rings is 1. The average molecular weight is 801 g/mol. The van der Waals surface area contributed by atoms with Crippen LogP contribution in [-0.2, 0) is 46.7 Å². The van der Waals surface area contributed by atoms with E-state index in [-0.39, 0.29) is 31.1 Å². The molecule has 1 saturated heterocycles. The number of sulfone groups is 1. The predicted molar refractivity (Wildman–Crippen MR) is 209 cm³/mol. The van der Waals surface area contributed by atoms with E-state index >= 15 is 0 Å². The van der Waals surface area contributed by atoms with Gasteiger partial charge < -0.3 is 36.2 Å². The van der Waals surface area contributed by atoms with E-state index in [9.17, 15) is 37.2 Å². The Morgan fingerprint density at radius 1 is 0.946 bits per heavy atom. The molecule has 56 heavy (non-hydrogen) atoms. The molecule has 2 heterocycles. The quantitative estimate of drug-likeness (QED) is 0.228. The summed E-state index contributed by atoms with van der Waals surface area (Å²) in [6.07, 6.45) is 4.25. The minimum absolute atomic E-state index is 0.0918. The number of rotatable bonds is 12. The van der Waals surface area contributed by atoms with Gasteiger partial charge in [-0.1, -0.05) is 77.1 Å². The lowest BCUT2D eigenvalue weighted by Gasteiger charge is -2.41. The molecular weight excluding hydrogens is 741 g/mol. The molecule has 3 fully saturated rings. The Bertz CT molecular complexity index is 1790. The molecule has 6 amide bonds. The summed E-state index contributed by atoms with van der Waals surface area (Å²) < 4.78 is 31.7. The van der Waals surface area contributed by atoms with Crippen molar-refractivity contribution in [1.29, 1.82) is 0 Å². The molecule has 15 nitrogen and oxygen atoms in total. The Balaban J connectivity index is 1.38. The molecule has 0 radical (unpaired) electrons. The monoisotopic (exact) mass is 800 g/mol. The second-order valence-electron chi connectivity index (χ2n) is 18.3. The number of urea groups is 1. The van der Waals surface area contributed by atoms with E-state index in [0.717, 1.165) is 43.2 Å². The smallest absolute Gasteiger partial charge is 0.410 e. The Kier molecular flexibility index (Phi) is 12.8. The normalized spacial score (nSPS) is 22.2. The molecule has 4 aliphatic rings. The second kappa shape index (κ2) is 16.7. The van der Waals surface area contributed by atoms with Crippen molar-refractivity contribution in [3.8, 4) is 0 Å². The van der Waals surface area contributed by atoms with Crippen molar-refractivity contribution >= 4 is 45.5 Å². The van der Waals surface area contributed by atoms with Crippen LogP contribution in [0, 0.1) is 11.3 Å². The summed E-state index contributed by atoms with van der Waals surface area (Å²) >= 11 is 0. The second-order valence-corrected chi connectivity index (χ2v) is 21.0. The molecule has 2 aliphatic carbocycles. The van der Waals surface area contributed by atoms with Crippen molar-refractivity contribution in [2.75, 3.05) is 18.8 Å². The van der Waals surface area contributed by atoms with Crippen LogP contribution in [0.3, 0.4) is 0 Å². The molecule has 2 unspecified atom stereocenters. The minimum Gasteiger partial charge on any atom is -0.444 e. The molecule has 2 saturated carbocycles. The first-order valence-corrected chi connectivity index (χ1v) is 21.5. The van der Waals surface area contributed by atoms with E-state index in [1.807, 2.05) is 24.3 Å². The summed E-state index contributed by atoms with van der Waals surface area (Å²) in [5.74, 6) is -3.56. The Morgan fingerprint density at radius 2 is 1.59 bits per heavy atom. The topological polar surface area (TPSA) is 214 Å². The van der Waals surface area contributed by atoms with Gasteiger partial charge in [0.25, 0.3) is 5.91 Å². The van der Waals surface area contributed by atoms with E-state index in [2.05, 4.69) is 16.0 Å². The lowest BCUT2D eigenvalue weighted by Crippen LogP contribution is -2.63. The number of likely N-dealkylation sites (tertiary alicyclic amines) is 1. The van der Waals surface area contributed by atoms with Crippen molar-refractivity contribution in [3.63, 3.8) is 0 Å². The maximum atomic E-state index is 14.7. The van der Waals surface area contributed by atoms with Crippen LogP contribution in [0.15, 0.2) is 24.3 Å². The number of Topliss-reactive ketones (excluding diaryl/α,β-unsaturated/α-hetero) is 1. The molecule has 5 rings (SSSR count). The van der Waals surface area contributed by atoms with Crippen LogP contribution >= 0.6 is 0 Å². The number of nitrogens with two attached hydrogens (primary N) is 1. The molecule has 1 aromatic rings. The fraction of sp³-hybridized carbons (Fsp3) is 0.700. The van der Waals surface area contributed by atoms with E-state index in [1.54, 1.807) is 46.4 Å². The number of nitrogens with zero attached hydrogens (tertiary/aromatic N) is 2. The summed E-state index contributed by atoms with van der Waals surface area (Å²) in [7, 11) is -3.63. The van der Waals surface area contributed by atoms with Crippen LogP contribution < -0.4 is 21.7 Å². The number of fused-ring (bicyclic) bond motifs is 1. The number of carbonyl (C=O) groups is 6. The van der Waals surface area contributed by atoms with E-state index in [1.165, 1.54) is 4.90 Å². The van der Waals surface area contributed by atoms with Gasteiger partial charge in [0.15, 0.2) is 9.84 Å². The van der Waals surface area contributed by atoms with Crippen molar-refractivity contribution < 1.29 is 41.9 Å². The third-order valence-electron chi connectivity index (χ3n) is 11.6. The highest BCUT2D eigenvalue weighted by Gasteiger charge is 2.48. The SMILES string of the molecule is CC(C)(C)[C@H](NC(=O)NC1(CS(=O)(=O)C(C)(C)C)CCCCC1)C(=O)N1C[C@H](OC(=O)N2CCc3ccccc3C2)CC1C(=O)NC(CC1CC1)C(=O)C(N)=O. The lowest BCUT2D eigenvalue weighted by molar-refractivity contribution is -0.143. The molecule has 0 aromatic heterocycles. The van der Waals surface area contributed by atoms with Crippen molar-refractivity contribution in [3.05, 3.63) is 35.4 Å². The standard InChI is InChI=1S/C40H60N6O9S/c1-38(2,3)32(43-36(51)44-40(17-10-7-11-18-40)24-56(53,54)39(4,5)6)35(50)46-23-28(55-37(52)45-19-16-26-12-8-9-13-27(26)22-45)21-30(46)34(49)42-29(20-25-14-15-25)31(47)33(41)48/h8-9,12-13,25,28-30,32H,7,10-11,14-24H2,1-6H3,(H2,41,48)(H,42,49)(H2,43,44,51)/t28-,29?,30?,32-/m1/s1. The van der Waals surface area contributed by atoms with Gasteiger partial charge in [0.2, 0.25) is 17.6 Å². The summed E-state index contributed by atoms with van der Waals surface area (Å²) in [6, 6.07) is 3.49. The molecule has 2 aliphatic heterocycles. The van der Waals surface area contributed by atoms with Crippen molar-refractivity contribution in [1.82, 2.24) is 25.8 Å². The fourth-order valence-corrected chi connectivity index (χ4v) is 9.46. The van der Waals surface area contributed by atoms with Gasteiger partial charge in [0.1, 0.15) is 18.2 Å². The predicted octanol–water partition coefficient (Wildman–Crippen LogP) is 3.12. The molecule has 1 aromatic carbocycles. The van der Waals surface area contributed by atoms with Crippen LogP contribution in [0.1, 0.15) is 110 Å². The van der Waals surface area contributed by atoms with Crippen LogP contribution in [0.25, 0.3) is 0 Å². The number of carbonyl (C=O) groups excluding carboxylic acids is 6. The maximum Gasteiger partial charge on any atom is 0.410 e. The third kappa shape index (κ3) is 10.4. The van der Waals surface area contributed by atoms with Gasteiger partial charge in [-0.15, -0.1) is 0 Å². The zero-order valence-electron chi connectivity index (χ0n) is 33.6. The highest BCUT2D eigenvalue weighted by molar-refractivity contribution is 7.92. The van der Waals surface area contributed by atoms with Gasteiger partial charge in [-0.25, -0.2) is 18.0 Å². The highest BCUT2D eigenvalue weighted by atomic mass is 32.2. The minimum atomic E-state index is -3.63. The molecule has 0 bridgehead atoms. The Hall–Kier alpha value is -4.21. The van der Waals surface area contributed by atoms with Crippen LogP contribution in [0.5, 0.6) is 0 Å².